The molecule has 0 amide bonds. The van der Waals surface area contributed by atoms with Gasteiger partial charge in [-0.05, 0) is 55.3 Å². The van der Waals surface area contributed by atoms with E-state index >= 15 is 0 Å². The van der Waals surface area contributed by atoms with E-state index < -0.39 is 0 Å². The van der Waals surface area contributed by atoms with E-state index in [1.54, 1.807) is 7.11 Å². The van der Waals surface area contributed by atoms with Crippen molar-refractivity contribution >= 4 is 37.6 Å². The highest BCUT2D eigenvalue weighted by atomic mass is 79.9. The molecular weight excluding hydrogens is 384 g/mol. The molecule has 0 heterocycles. The van der Waals surface area contributed by atoms with E-state index in [-0.39, 0.29) is 5.78 Å². The SMILES string of the molecule is COc1cc(C)c(C(=O)c2cc(Br)ccc2Br)cc1C. The van der Waals surface area contributed by atoms with Gasteiger partial charge in [-0.3, -0.25) is 4.79 Å². The van der Waals surface area contributed by atoms with Crippen LogP contribution in [0.3, 0.4) is 0 Å². The molecule has 2 aromatic rings. The molecule has 2 rings (SSSR count). The van der Waals surface area contributed by atoms with Gasteiger partial charge in [0.2, 0.25) is 0 Å². The molecule has 0 aliphatic rings. The van der Waals surface area contributed by atoms with Crippen molar-refractivity contribution in [3.05, 3.63) is 61.5 Å². The number of hydrogen-bond acceptors (Lipinski definition) is 2. The van der Waals surface area contributed by atoms with Crippen molar-refractivity contribution in [1.29, 1.82) is 0 Å². The van der Waals surface area contributed by atoms with Crippen molar-refractivity contribution in [2.45, 2.75) is 13.8 Å². The maximum atomic E-state index is 12.7. The van der Waals surface area contributed by atoms with Crippen LogP contribution in [0.1, 0.15) is 27.0 Å². The average molecular weight is 398 g/mol. The smallest absolute Gasteiger partial charge is 0.194 e. The summed E-state index contributed by atoms with van der Waals surface area (Å²) in [5, 5.41) is 0. The molecule has 0 aliphatic heterocycles. The van der Waals surface area contributed by atoms with Gasteiger partial charge >= 0.3 is 0 Å². The van der Waals surface area contributed by atoms with E-state index in [1.807, 2.05) is 44.2 Å². The summed E-state index contributed by atoms with van der Waals surface area (Å²) in [7, 11) is 1.63. The van der Waals surface area contributed by atoms with Gasteiger partial charge in [0.05, 0.1) is 7.11 Å². The fourth-order valence-electron chi connectivity index (χ4n) is 2.07. The van der Waals surface area contributed by atoms with Crippen molar-refractivity contribution in [3.8, 4) is 5.75 Å². The number of aryl methyl sites for hydroxylation is 2. The summed E-state index contributed by atoms with van der Waals surface area (Å²) >= 11 is 6.83. The van der Waals surface area contributed by atoms with E-state index in [0.29, 0.717) is 11.1 Å². The second-order valence-electron chi connectivity index (χ2n) is 4.59. The first-order valence-electron chi connectivity index (χ1n) is 6.09. The van der Waals surface area contributed by atoms with Gasteiger partial charge in [0.15, 0.2) is 5.78 Å². The second-order valence-corrected chi connectivity index (χ2v) is 6.36. The highest BCUT2D eigenvalue weighted by molar-refractivity contribution is 9.11. The first-order valence-corrected chi connectivity index (χ1v) is 7.67. The first kappa shape index (κ1) is 15.3. The maximum absolute atomic E-state index is 12.7. The van der Waals surface area contributed by atoms with Crippen LogP contribution < -0.4 is 4.74 Å². The minimum atomic E-state index is 0.00132. The molecule has 0 spiro atoms. The highest BCUT2D eigenvalue weighted by Crippen LogP contribution is 2.28. The Morgan fingerprint density at radius 2 is 1.70 bits per heavy atom. The quantitative estimate of drug-likeness (QED) is 0.676. The van der Waals surface area contributed by atoms with Gasteiger partial charge in [0.25, 0.3) is 0 Å². The molecule has 0 unspecified atom stereocenters. The molecule has 0 aliphatic carbocycles. The Morgan fingerprint density at radius 1 is 1.00 bits per heavy atom. The monoisotopic (exact) mass is 396 g/mol. The molecule has 0 N–H and O–H groups in total. The minimum Gasteiger partial charge on any atom is -0.496 e. The third-order valence-corrected chi connectivity index (χ3v) is 4.34. The molecular formula is C16H14Br2O2. The lowest BCUT2D eigenvalue weighted by molar-refractivity contribution is 0.103. The summed E-state index contributed by atoms with van der Waals surface area (Å²) in [6.45, 7) is 3.85. The fourth-order valence-corrected chi connectivity index (χ4v) is 2.86. The predicted octanol–water partition coefficient (Wildman–Crippen LogP) is 5.07. The molecule has 0 saturated carbocycles. The van der Waals surface area contributed by atoms with Crippen molar-refractivity contribution < 1.29 is 9.53 Å². The average Bonchev–Trinajstić information content (AvgIpc) is 2.42. The van der Waals surface area contributed by atoms with Gasteiger partial charge in [-0.2, -0.15) is 0 Å². The molecule has 2 nitrogen and oxygen atoms in total. The summed E-state index contributed by atoms with van der Waals surface area (Å²) in [5.74, 6) is 0.800. The fraction of sp³-hybridized carbons (Fsp3) is 0.188. The number of ether oxygens (including phenoxy) is 1. The lowest BCUT2D eigenvalue weighted by Crippen LogP contribution is -2.06. The van der Waals surface area contributed by atoms with Crippen LogP contribution in [0.2, 0.25) is 0 Å². The van der Waals surface area contributed by atoms with Crippen LogP contribution in [0, 0.1) is 13.8 Å². The van der Waals surface area contributed by atoms with Crippen LogP contribution in [0.25, 0.3) is 0 Å². The standard InChI is InChI=1S/C16H14Br2O2/c1-9-7-15(20-3)10(2)6-12(9)16(19)13-8-11(17)4-5-14(13)18/h4-8H,1-3H3. The van der Waals surface area contributed by atoms with Gasteiger partial charge in [0, 0.05) is 20.1 Å². The Morgan fingerprint density at radius 3 is 2.35 bits per heavy atom. The largest absolute Gasteiger partial charge is 0.496 e. The summed E-state index contributed by atoms with van der Waals surface area (Å²) in [6, 6.07) is 9.36. The third kappa shape index (κ3) is 2.96. The Bertz CT molecular complexity index is 678. The zero-order chi connectivity index (χ0) is 14.9. The first-order chi connectivity index (χ1) is 9.43. The summed E-state index contributed by atoms with van der Waals surface area (Å²) in [4.78, 5) is 12.7. The van der Waals surface area contributed by atoms with E-state index in [9.17, 15) is 4.79 Å². The van der Waals surface area contributed by atoms with Crippen molar-refractivity contribution in [2.75, 3.05) is 7.11 Å². The van der Waals surface area contributed by atoms with Gasteiger partial charge in [-0.1, -0.05) is 31.9 Å². The van der Waals surface area contributed by atoms with Gasteiger partial charge in [-0.25, -0.2) is 0 Å². The topological polar surface area (TPSA) is 26.3 Å². The predicted molar refractivity (Wildman–Crippen MR) is 87.7 cm³/mol. The number of hydrogen-bond donors (Lipinski definition) is 0. The van der Waals surface area contributed by atoms with Crippen LogP contribution in [0.4, 0.5) is 0 Å². The zero-order valence-electron chi connectivity index (χ0n) is 11.5. The number of benzene rings is 2. The molecule has 104 valence electrons. The summed E-state index contributed by atoms with van der Waals surface area (Å²) in [6.07, 6.45) is 0. The molecule has 0 bridgehead atoms. The number of methoxy groups -OCH3 is 1. The van der Waals surface area contributed by atoms with Crippen LogP contribution in [-0.2, 0) is 0 Å². The summed E-state index contributed by atoms with van der Waals surface area (Å²) in [5.41, 5.74) is 3.20. The van der Waals surface area contributed by atoms with Gasteiger partial charge in [0.1, 0.15) is 5.75 Å². The number of rotatable bonds is 3. The molecule has 20 heavy (non-hydrogen) atoms. The highest BCUT2D eigenvalue weighted by Gasteiger charge is 2.17. The minimum absolute atomic E-state index is 0.00132. The van der Waals surface area contributed by atoms with Gasteiger partial charge < -0.3 is 4.74 Å². The molecule has 0 saturated heterocycles. The molecule has 2 aromatic carbocycles. The summed E-state index contributed by atoms with van der Waals surface area (Å²) < 4.78 is 6.95. The maximum Gasteiger partial charge on any atom is 0.194 e. The van der Waals surface area contributed by atoms with Crippen LogP contribution in [0.5, 0.6) is 5.75 Å². The normalized spacial score (nSPS) is 10.4. The van der Waals surface area contributed by atoms with E-state index in [1.165, 1.54) is 0 Å². The van der Waals surface area contributed by atoms with Crippen molar-refractivity contribution in [1.82, 2.24) is 0 Å². The van der Waals surface area contributed by atoms with Crippen LogP contribution in [0.15, 0.2) is 39.3 Å². The van der Waals surface area contributed by atoms with E-state index in [4.69, 9.17) is 4.74 Å². The van der Waals surface area contributed by atoms with Gasteiger partial charge in [-0.15, -0.1) is 0 Å². The number of carbonyl (C=O) groups excluding carboxylic acids is 1. The number of carbonyl (C=O) groups is 1. The lowest BCUT2D eigenvalue weighted by atomic mass is 9.97. The van der Waals surface area contributed by atoms with E-state index in [2.05, 4.69) is 31.9 Å². The third-order valence-electron chi connectivity index (χ3n) is 3.16. The zero-order valence-corrected chi connectivity index (χ0v) is 14.6. The molecule has 4 heteroatoms. The molecule has 0 atom stereocenters. The Hall–Kier alpha value is -1.13. The Kier molecular flexibility index (Phi) is 4.66. The van der Waals surface area contributed by atoms with Crippen molar-refractivity contribution in [3.63, 3.8) is 0 Å². The molecule has 0 fully saturated rings. The lowest BCUT2D eigenvalue weighted by Gasteiger charge is -2.11. The van der Waals surface area contributed by atoms with E-state index in [0.717, 1.165) is 25.8 Å². The van der Waals surface area contributed by atoms with Crippen LogP contribution in [-0.4, -0.2) is 12.9 Å². The molecule has 0 aromatic heterocycles. The number of halogens is 2. The Balaban J connectivity index is 2.54. The Labute approximate surface area is 135 Å². The van der Waals surface area contributed by atoms with Crippen molar-refractivity contribution in [2.24, 2.45) is 0 Å². The second kappa shape index (κ2) is 6.10. The van der Waals surface area contributed by atoms with Crippen LogP contribution >= 0.6 is 31.9 Å². The number of ketones is 1. The molecule has 0 radical (unpaired) electrons.